The Balaban J connectivity index is 1.01. The number of rotatable bonds is 26. The van der Waals surface area contributed by atoms with E-state index in [0.717, 1.165) is 57.2 Å². The summed E-state index contributed by atoms with van der Waals surface area (Å²) in [5, 5.41) is 56.4. The first-order valence-corrected chi connectivity index (χ1v) is 29.4. The van der Waals surface area contributed by atoms with Gasteiger partial charge in [-0.2, -0.15) is 0 Å². The Kier molecular flexibility index (Phi) is 22.7. The van der Waals surface area contributed by atoms with Crippen LogP contribution in [0.1, 0.15) is 92.3 Å². The smallest absolute Gasteiger partial charge is 0.413 e. The van der Waals surface area contributed by atoms with Gasteiger partial charge in [-0.1, -0.05) is 49.7 Å². The van der Waals surface area contributed by atoms with Crippen molar-refractivity contribution in [3.8, 4) is 11.5 Å². The van der Waals surface area contributed by atoms with Crippen LogP contribution in [-0.2, 0) is 89.8 Å². The molecule has 2 aliphatic heterocycles. The van der Waals surface area contributed by atoms with E-state index in [2.05, 4.69) is 17.6 Å². The highest BCUT2D eigenvalue weighted by Crippen LogP contribution is 2.37. The third-order valence-corrected chi connectivity index (χ3v) is 14.8. The molecule has 91 heavy (non-hydrogen) atoms. The number of anilines is 2. The van der Waals surface area contributed by atoms with Crippen LogP contribution in [0.25, 0.3) is 21.9 Å². The van der Waals surface area contributed by atoms with Gasteiger partial charge in [-0.15, -0.1) is 0 Å². The first-order chi connectivity index (χ1) is 43.3. The van der Waals surface area contributed by atoms with Crippen molar-refractivity contribution >= 4 is 75.3 Å². The van der Waals surface area contributed by atoms with Crippen LogP contribution in [0.3, 0.4) is 0 Å². The number of esters is 4. The number of aromatic nitrogens is 3. The largest absolute Gasteiger partial charge is 0.478 e. The van der Waals surface area contributed by atoms with E-state index in [1.165, 1.54) is 24.3 Å². The van der Waals surface area contributed by atoms with Gasteiger partial charge in [0.25, 0.3) is 0 Å². The number of aromatic carboxylic acids is 1. The molecule has 6 aromatic rings. The minimum atomic E-state index is -1.63. The van der Waals surface area contributed by atoms with E-state index in [4.69, 9.17) is 58.3 Å². The van der Waals surface area contributed by atoms with Crippen LogP contribution in [0.2, 0.25) is 0 Å². The normalized spacial score (nSPS) is 21.5. The lowest BCUT2D eigenvalue weighted by molar-refractivity contribution is -0.916. The van der Waals surface area contributed by atoms with Gasteiger partial charge in [-0.3, -0.25) is 29.3 Å². The van der Waals surface area contributed by atoms with Gasteiger partial charge in [0.1, 0.15) is 79.7 Å². The highest BCUT2D eigenvalue weighted by Gasteiger charge is 2.54. The number of nitrogens with one attached hydrogen (secondary N) is 2. The SMILES string of the molecule is CCCCc1nc2c(NC(=O)OCc3ccc(OC4O[C@H](CO)[C@@H](O)[C@H](O)[C@@H]4O)cc3)nc3cc(C(=O)O)ccc3c2n1Cc1ccc(C[N+](C)(C)Cc2ccc(O[C@H]3O[C@H](COC(C)=O)[C@@H](OC(C)=O)[C@H](OC(C)=O)[C@@H]3OC(C)=O)c(NC(=O)CCN)c2)cc1. The molecule has 2 saturated heterocycles. The molecule has 0 spiro atoms. The van der Waals surface area contributed by atoms with Crippen molar-refractivity contribution in [3.05, 3.63) is 119 Å². The molecule has 0 radical (unpaired) electrons. The Bertz CT molecular complexity index is 3600. The third kappa shape index (κ3) is 17.6. The molecule has 0 aliphatic carbocycles. The van der Waals surface area contributed by atoms with E-state index < -0.39 is 116 Å². The summed E-state index contributed by atoms with van der Waals surface area (Å²) in [5.74, 6) is -3.75. The number of pyridine rings is 1. The van der Waals surface area contributed by atoms with Gasteiger partial charge in [0.05, 0.1) is 43.0 Å². The van der Waals surface area contributed by atoms with Crippen molar-refractivity contribution in [1.82, 2.24) is 14.5 Å². The number of quaternary nitrogens is 1. The maximum atomic E-state index is 13.6. The molecular weight excluding hydrogens is 1190 g/mol. The summed E-state index contributed by atoms with van der Waals surface area (Å²) in [6.07, 6.45) is -13.4. The Morgan fingerprint density at radius 2 is 1.32 bits per heavy atom. The van der Waals surface area contributed by atoms with Gasteiger partial charge in [-0.05, 0) is 66.1 Å². The number of hydrogen-bond acceptors (Lipinski definition) is 23. The Hall–Kier alpha value is -8.87. The lowest BCUT2D eigenvalue weighted by Crippen LogP contribution is -2.63. The second kappa shape index (κ2) is 30.3. The van der Waals surface area contributed by atoms with Gasteiger partial charge >= 0.3 is 35.9 Å². The Morgan fingerprint density at radius 3 is 1.97 bits per heavy atom. The van der Waals surface area contributed by atoms with Gasteiger partial charge < -0.3 is 88.3 Å². The van der Waals surface area contributed by atoms with Crippen molar-refractivity contribution < 1.29 is 106 Å². The second-order valence-corrected chi connectivity index (χ2v) is 22.7. The molecule has 1 unspecified atom stereocenters. The fraction of sp³-hybridized carbons (Fsp3) is 0.444. The van der Waals surface area contributed by atoms with Crippen LogP contribution in [0, 0.1) is 0 Å². The van der Waals surface area contributed by atoms with Gasteiger partial charge in [0, 0.05) is 70.1 Å². The number of amides is 2. The fourth-order valence-corrected chi connectivity index (χ4v) is 10.7. The predicted molar refractivity (Wildman–Crippen MR) is 322 cm³/mol. The van der Waals surface area contributed by atoms with E-state index in [1.807, 2.05) is 42.9 Å². The molecule has 2 aromatic heterocycles. The Labute approximate surface area is 522 Å². The van der Waals surface area contributed by atoms with E-state index in [-0.39, 0.29) is 53.7 Å². The predicted octanol–water partition coefficient (Wildman–Crippen LogP) is 4.13. The summed E-state index contributed by atoms with van der Waals surface area (Å²) in [7, 11) is 4.06. The number of aliphatic hydroxyl groups excluding tert-OH is 4. The molecule has 10 atom stereocenters. The van der Waals surface area contributed by atoms with Crippen molar-refractivity contribution in [2.45, 2.75) is 148 Å². The number of carboxylic acids is 1. The van der Waals surface area contributed by atoms with E-state index in [1.54, 1.807) is 36.4 Å². The molecule has 488 valence electrons. The topological polar surface area (TPSA) is 384 Å². The fourth-order valence-electron chi connectivity index (χ4n) is 10.7. The van der Waals surface area contributed by atoms with Crippen LogP contribution in [-0.4, -0.2) is 182 Å². The first-order valence-electron chi connectivity index (χ1n) is 29.4. The number of carbonyl (C=O) groups is 7. The minimum absolute atomic E-state index is 0.0230. The molecule has 8 rings (SSSR count). The van der Waals surface area contributed by atoms with E-state index >= 15 is 0 Å². The number of aliphatic hydroxyl groups is 4. The van der Waals surface area contributed by atoms with E-state index in [9.17, 15) is 59.1 Å². The summed E-state index contributed by atoms with van der Waals surface area (Å²) in [6, 6.07) is 23.9. The number of imidazole rings is 1. The number of aryl methyl sites for hydroxylation is 1. The van der Waals surface area contributed by atoms with Gasteiger partial charge in [-0.25, -0.2) is 19.6 Å². The molecular formula is C63H76N7O21+. The summed E-state index contributed by atoms with van der Waals surface area (Å²) < 4.78 is 53.6. The standard InChI is InChI=1S/C63H75N7O21/c1-8-9-10-49-67-51-52(43-21-18-41(60(80)81)26-44(43)66-59(51)68-63(82)84-31-39-15-19-42(20-16-39)88-61-55(79)54(78)53(77)47(30-71)90-61)69(49)27-37-11-13-38(14-12-37)28-70(6,7)29-40-17-22-46(45(25-40)65-50(76)23-24-64)89-62-58(87-36(5)75)57(86-35(4)74)56(85-34(3)73)48(91-62)32-83-33(2)72/h11-22,25-26,47-48,53-58,61-62,71,77-79H,8-10,23-24,27-32,64H2,1-7H3,(H2-,65,66,68,76,80,81,82)/p+1/t47-,48-,53-,54+,55+,56-,57+,58+,61?,62+/m1/s1. The highest BCUT2D eigenvalue weighted by atomic mass is 16.7. The summed E-state index contributed by atoms with van der Waals surface area (Å²) >= 11 is 0. The molecule has 9 N–H and O–H groups in total. The van der Waals surface area contributed by atoms with Crippen LogP contribution in [0.15, 0.2) is 84.9 Å². The summed E-state index contributed by atoms with van der Waals surface area (Å²) in [5.41, 5.74) is 10.3. The number of fused-ring (bicyclic) bond motifs is 3. The molecule has 0 bridgehead atoms. The zero-order valence-electron chi connectivity index (χ0n) is 51.3. The van der Waals surface area contributed by atoms with Crippen molar-refractivity contribution in [1.29, 1.82) is 0 Å². The summed E-state index contributed by atoms with van der Waals surface area (Å²) in [4.78, 5) is 98.1. The second-order valence-electron chi connectivity index (χ2n) is 22.7. The number of nitrogens with two attached hydrogens (primary N) is 1. The number of hydrogen-bond donors (Lipinski definition) is 8. The van der Waals surface area contributed by atoms with Crippen LogP contribution >= 0.6 is 0 Å². The molecule has 4 heterocycles. The third-order valence-electron chi connectivity index (χ3n) is 14.8. The number of nitrogens with zero attached hydrogens (tertiary/aromatic N) is 4. The van der Waals surface area contributed by atoms with Crippen molar-refractivity contribution in [2.75, 3.05) is 44.5 Å². The molecule has 2 amide bonds. The lowest BCUT2D eigenvalue weighted by Gasteiger charge is -2.44. The van der Waals surface area contributed by atoms with E-state index in [0.29, 0.717) is 58.3 Å². The van der Waals surface area contributed by atoms with Crippen molar-refractivity contribution in [3.63, 3.8) is 0 Å². The number of carbonyl (C=O) groups excluding carboxylic acids is 6. The van der Waals surface area contributed by atoms with Crippen molar-refractivity contribution in [2.24, 2.45) is 5.73 Å². The quantitative estimate of drug-likeness (QED) is 0.0215. The average Bonchev–Trinajstić information content (AvgIpc) is 1.65. The molecule has 28 heteroatoms. The highest BCUT2D eigenvalue weighted by molar-refractivity contribution is 6.10. The maximum Gasteiger partial charge on any atom is 0.413 e. The summed E-state index contributed by atoms with van der Waals surface area (Å²) in [6.45, 7) is 6.55. The molecule has 2 fully saturated rings. The monoisotopic (exact) mass is 1270 g/mol. The van der Waals surface area contributed by atoms with Crippen LogP contribution in [0.5, 0.6) is 11.5 Å². The van der Waals surface area contributed by atoms with Gasteiger partial charge in [0.2, 0.25) is 24.6 Å². The van der Waals surface area contributed by atoms with Crippen LogP contribution in [0.4, 0.5) is 16.3 Å². The molecule has 2 aliphatic rings. The average molecular weight is 1270 g/mol. The maximum absolute atomic E-state index is 13.6. The number of unbranched alkanes of at least 4 members (excludes halogenated alkanes) is 1. The molecule has 28 nitrogen and oxygen atoms in total. The minimum Gasteiger partial charge on any atom is -0.478 e. The zero-order valence-corrected chi connectivity index (χ0v) is 51.3. The Morgan fingerprint density at radius 1 is 0.681 bits per heavy atom. The number of carboxylic acid groups (broad SMARTS) is 1. The first kappa shape index (κ1) is 68.0. The van der Waals surface area contributed by atoms with Crippen LogP contribution < -0.4 is 25.8 Å². The molecule has 0 saturated carbocycles. The lowest BCUT2D eigenvalue weighted by atomic mass is 9.98. The molecule has 4 aromatic carbocycles. The zero-order chi connectivity index (χ0) is 65.8. The van der Waals surface area contributed by atoms with Gasteiger partial charge in [0.15, 0.2) is 18.0 Å². The number of ether oxygens (including phenoxy) is 9. The number of benzene rings is 4.